The first kappa shape index (κ1) is 10.7. The highest BCUT2D eigenvalue weighted by atomic mass is 35.5. The molecule has 0 saturated carbocycles. The molecule has 1 unspecified atom stereocenters. The van der Waals surface area contributed by atoms with Gasteiger partial charge in [-0.1, -0.05) is 5.10 Å². The second-order valence-electron chi connectivity index (χ2n) is 3.92. The second-order valence-corrected chi connectivity index (χ2v) is 4.18. The summed E-state index contributed by atoms with van der Waals surface area (Å²) in [6, 6.07) is 0.985. The van der Waals surface area contributed by atoms with Gasteiger partial charge in [-0.15, -0.1) is 16.7 Å². The molecule has 0 amide bonds. The molecule has 5 nitrogen and oxygen atoms in total. The lowest BCUT2D eigenvalue weighted by molar-refractivity contribution is 0.266. The van der Waals surface area contributed by atoms with Crippen molar-refractivity contribution < 1.29 is 4.42 Å². The summed E-state index contributed by atoms with van der Waals surface area (Å²) in [6.45, 7) is 5.10. The smallest absolute Gasteiger partial charge is 0.318 e. The lowest BCUT2D eigenvalue weighted by Gasteiger charge is -2.36. The minimum Gasteiger partial charge on any atom is -0.407 e. The lowest BCUT2D eigenvalue weighted by Crippen LogP contribution is -2.50. The standard InChI is InChI=1S/C9H15ClN4O/c1-7-6-13(2)3-4-14(7)9-12-11-8(5-10)15-9/h7H,3-6H2,1-2H3. The normalized spacial score (nSPS) is 23.4. The Morgan fingerprint density at radius 3 is 2.87 bits per heavy atom. The van der Waals surface area contributed by atoms with Gasteiger partial charge in [-0.05, 0) is 14.0 Å². The predicted octanol–water partition coefficient (Wildman–Crippen LogP) is 0.949. The summed E-state index contributed by atoms with van der Waals surface area (Å²) in [4.78, 5) is 4.42. The number of nitrogens with zero attached hydrogens (tertiary/aromatic N) is 4. The number of piperazine rings is 1. The van der Waals surface area contributed by atoms with Crippen LogP contribution in [0.3, 0.4) is 0 Å². The highest BCUT2D eigenvalue weighted by molar-refractivity contribution is 6.16. The number of halogens is 1. The van der Waals surface area contributed by atoms with E-state index in [-0.39, 0.29) is 5.88 Å². The maximum atomic E-state index is 5.62. The topological polar surface area (TPSA) is 45.4 Å². The molecule has 0 bridgehead atoms. The fourth-order valence-corrected chi connectivity index (χ4v) is 1.95. The van der Waals surface area contributed by atoms with Crippen molar-refractivity contribution in [1.29, 1.82) is 0 Å². The molecule has 84 valence electrons. The zero-order valence-corrected chi connectivity index (χ0v) is 9.74. The van der Waals surface area contributed by atoms with Gasteiger partial charge in [0, 0.05) is 25.7 Å². The molecule has 1 fully saturated rings. The summed E-state index contributed by atoms with van der Waals surface area (Å²) in [5.41, 5.74) is 0. The molecular weight excluding hydrogens is 216 g/mol. The van der Waals surface area contributed by atoms with Gasteiger partial charge in [0.15, 0.2) is 0 Å². The van der Waals surface area contributed by atoms with Crippen molar-refractivity contribution in [2.75, 3.05) is 31.6 Å². The predicted molar refractivity (Wildman–Crippen MR) is 58.2 cm³/mol. The van der Waals surface area contributed by atoms with E-state index in [0.29, 0.717) is 17.9 Å². The van der Waals surface area contributed by atoms with Crippen LogP contribution < -0.4 is 4.90 Å². The van der Waals surface area contributed by atoms with Crippen molar-refractivity contribution in [3.05, 3.63) is 5.89 Å². The Morgan fingerprint density at radius 1 is 1.47 bits per heavy atom. The van der Waals surface area contributed by atoms with Crippen LogP contribution in [-0.2, 0) is 5.88 Å². The van der Waals surface area contributed by atoms with Crippen LogP contribution in [0.2, 0.25) is 0 Å². The highest BCUT2D eigenvalue weighted by Crippen LogP contribution is 2.18. The quantitative estimate of drug-likeness (QED) is 0.708. The van der Waals surface area contributed by atoms with Crippen molar-refractivity contribution in [2.45, 2.75) is 18.8 Å². The van der Waals surface area contributed by atoms with Crippen LogP contribution >= 0.6 is 11.6 Å². The van der Waals surface area contributed by atoms with Crippen LogP contribution in [0.1, 0.15) is 12.8 Å². The van der Waals surface area contributed by atoms with Crippen molar-refractivity contribution >= 4 is 17.6 Å². The zero-order valence-electron chi connectivity index (χ0n) is 8.98. The molecule has 6 heteroatoms. The van der Waals surface area contributed by atoms with Crippen molar-refractivity contribution in [3.8, 4) is 0 Å². The number of rotatable bonds is 2. The molecule has 0 aromatic carbocycles. The van der Waals surface area contributed by atoms with E-state index in [4.69, 9.17) is 16.0 Å². The van der Waals surface area contributed by atoms with Crippen molar-refractivity contribution in [3.63, 3.8) is 0 Å². The van der Waals surface area contributed by atoms with Gasteiger partial charge in [-0.25, -0.2) is 0 Å². The first-order chi connectivity index (χ1) is 7.20. The number of likely N-dealkylation sites (N-methyl/N-ethyl adjacent to an activating group) is 1. The monoisotopic (exact) mass is 230 g/mol. The van der Waals surface area contributed by atoms with Crippen molar-refractivity contribution in [2.24, 2.45) is 0 Å². The van der Waals surface area contributed by atoms with Crippen LogP contribution in [0.4, 0.5) is 6.01 Å². The number of hydrogen-bond acceptors (Lipinski definition) is 5. The third-order valence-electron chi connectivity index (χ3n) is 2.65. The highest BCUT2D eigenvalue weighted by Gasteiger charge is 2.25. The first-order valence-electron chi connectivity index (χ1n) is 5.04. The van der Waals surface area contributed by atoms with E-state index in [1.807, 2.05) is 0 Å². The molecule has 2 heterocycles. The summed E-state index contributed by atoms with van der Waals surface area (Å²) in [5.74, 6) is 0.757. The fraction of sp³-hybridized carbons (Fsp3) is 0.778. The summed E-state index contributed by atoms with van der Waals surface area (Å²) in [7, 11) is 2.12. The van der Waals surface area contributed by atoms with E-state index < -0.39 is 0 Å². The Balaban J connectivity index is 2.09. The number of aromatic nitrogens is 2. The van der Waals surface area contributed by atoms with E-state index in [2.05, 4.69) is 34.0 Å². The van der Waals surface area contributed by atoms with Crippen LogP contribution in [0, 0.1) is 0 Å². The molecule has 0 N–H and O–H groups in total. The van der Waals surface area contributed by atoms with E-state index in [0.717, 1.165) is 19.6 Å². The lowest BCUT2D eigenvalue weighted by atomic mass is 10.2. The largest absolute Gasteiger partial charge is 0.407 e. The van der Waals surface area contributed by atoms with Gasteiger partial charge in [0.05, 0.1) is 0 Å². The average Bonchev–Trinajstić information content (AvgIpc) is 2.66. The van der Waals surface area contributed by atoms with Gasteiger partial charge in [0.25, 0.3) is 0 Å². The molecule has 1 atom stereocenters. The van der Waals surface area contributed by atoms with Gasteiger partial charge in [0.1, 0.15) is 5.88 Å². The van der Waals surface area contributed by atoms with Gasteiger partial charge in [-0.2, -0.15) is 0 Å². The van der Waals surface area contributed by atoms with Gasteiger partial charge in [-0.3, -0.25) is 0 Å². The molecule has 1 saturated heterocycles. The second kappa shape index (κ2) is 4.37. The van der Waals surface area contributed by atoms with E-state index in [9.17, 15) is 0 Å². The van der Waals surface area contributed by atoms with E-state index >= 15 is 0 Å². The van der Waals surface area contributed by atoms with Gasteiger partial charge in [0.2, 0.25) is 5.89 Å². The third-order valence-corrected chi connectivity index (χ3v) is 2.88. The molecule has 2 rings (SSSR count). The zero-order chi connectivity index (χ0) is 10.8. The Labute approximate surface area is 94.0 Å². The molecule has 15 heavy (non-hydrogen) atoms. The SMILES string of the molecule is CC1CN(C)CCN1c1nnc(CCl)o1. The van der Waals surface area contributed by atoms with Crippen LogP contribution in [-0.4, -0.2) is 47.8 Å². The Hall–Kier alpha value is -0.810. The van der Waals surface area contributed by atoms with Crippen LogP contribution in [0.5, 0.6) is 0 Å². The summed E-state index contributed by atoms with van der Waals surface area (Å²) in [6.07, 6.45) is 0. The Kier molecular flexibility index (Phi) is 3.11. The third kappa shape index (κ3) is 2.23. The minimum atomic E-state index is 0.273. The minimum absolute atomic E-state index is 0.273. The van der Waals surface area contributed by atoms with Crippen LogP contribution in [0.15, 0.2) is 4.42 Å². The van der Waals surface area contributed by atoms with Crippen molar-refractivity contribution in [1.82, 2.24) is 15.1 Å². The molecular formula is C9H15ClN4O. The molecule has 0 radical (unpaired) electrons. The summed E-state index contributed by atoms with van der Waals surface area (Å²) in [5, 5.41) is 7.85. The average molecular weight is 231 g/mol. The molecule has 1 aliphatic heterocycles. The summed E-state index contributed by atoms with van der Waals surface area (Å²) < 4.78 is 5.43. The van der Waals surface area contributed by atoms with E-state index in [1.165, 1.54) is 0 Å². The molecule has 0 aliphatic carbocycles. The summed E-state index contributed by atoms with van der Waals surface area (Å²) >= 11 is 5.62. The first-order valence-corrected chi connectivity index (χ1v) is 5.57. The number of alkyl halides is 1. The molecule has 0 spiro atoms. The van der Waals surface area contributed by atoms with E-state index in [1.54, 1.807) is 0 Å². The Morgan fingerprint density at radius 2 is 2.27 bits per heavy atom. The van der Waals surface area contributed by atoms with Gasteiger partial charge >= 0.3 is 6.01 Å². The fourth-order valence-electron chi connectivity index (χ4n) is 1.84. The maximum Gasteiger partial charge on any atom is 0.318 e. The molecule has 1 aromatic rings. The maximum absolute atomic E-state index is 5.62. The van der Waals surface area contributed by atoms with Gasteiger partial charge < -0.3 is 14.2 Å². The number of hydrogen-bond donors (Lipinski definition) is 0. The number of anilines is 1. The van der Waals surface area contributed by atoms with Crippen LogP contribution in [0.25, 0.3) is 0 Å². The molecule has 1 aliphatic rings. The molecule has 1 aromatic heterocycles. The Bertz CT molecular complexity index is 330.